The second-order valence-electron chi connectivity index (χ2n) is 3.58. The molecule has 3 unspecified atom stereocenters. The lowest BCUT2D eigenvalue weighted by Gasteiger charge is -2.28. The summed E-state index contributed by atoms with van der Waals surface area (Å²) in [5, 5.41) is 8.93. The molecule has 0 bridgehead atoms. The van der Waals surface area contributed by atoms with Gasteiger partial charge in [-0.1, -0.05) is 6.92 Å². The maximum atomic E-state index is 11.8. The number of nitrogens with two attached hydrogens (primary N) is 1. The van der Waals surface area contributed by atoms with E-state index in [4.69, 9.17) is 10.8 Å². The highest BCUT2D eigenvalue weighted by Gasteiger charge is 2.41. The van der Waals surface area contributed by atoms with E-state index in [1.807, 2.05) is 6.92 Å². The largest absolute Gasteiger partial charge is 0.480 e. The number of amides is 1. The van der Waals surface area contributed by atoms with Crippen LogP contribution in [-0.2, 0) is 9.59 Å². The van der Waals surface area contributed by atoms with Gasteiger partial charge in [0.15, 0.2) is 0 Å². The summed E-state index contributed by atoms with van der Waals surface area (Å²) in [6.07, 6.45) is 0.743. The van der Waals surface area contributed by atoms with Crippen LogP contribution in [0, 0.1) is 0 Å². The number of carboxylic acids is 1. The van der Waals surface area contributed by atoms with E-state index >= 15 is 0 Å². The fourth-order valence-electron chi connectivity index (χ4n) is 1.60. The Labute approximate surface area is 93.0 Å². The molecule has 0 aliphatic carbocycles. The Bertz CT molecular complexity index is 270. The van der Waals surface area contributed by atoms with Gasteiger partial charge in [-0.15, -0.1) is 11.8 Å². The van der Waals surface area contributed by atoms with Crippen molar-refractivity contribution in [2.24, 2.45) is 5.73 Å². The minimum atomic E-state index is -0.951. The zero-order valence-electron chi connectivity index (χ0n) is 8.84. The molecule has 0 radical (unpaired) electrons. The van der Waals surface area contributed by atoms with Crippen molar-refractivity contribution in [3.63, 3.8) is 0 Å². The van der Waals surface area contributed by atoms with Gasteiger partial charge in [0.1, 0.15) is 6.04 Å². The third kappa shape index (κ3) is 2.43. The summed E-state index contributed by atoms with van der Waals surface area (Å²) < 4.78 is 0. The van der Waals surface area contributed by atoms with E-state index in [1.165, 1.54) is 16.7 Å². The number of hydrogen-bond donors (Lipinski definition) is 2. The van der Waals surface area contributed by atoms with Crippen molar-refractivity contribution in [1.29, 1.82) is 0 Å². The van der Waals surface area contributed by atoms with E-state index in [1.54, 1.807) is 6.92 Å². The number of carbonyl (C=O) groups is 2. The van der Waals surface area contributed by atoms with Crippen LogP contribution >= 0.6 is 11.8 Å². The fourth-order valence-corrected chi connectivity index (χ4v) is 2.95. The maximum Gasteiger partial charge on any atom is 0.327 e. The normalized spacial score (nSPS) is 27.8. The van der Waals surface area contributed by atoms with E-state index in [2.05, 4.69) is 0 Å². The van der Waals surface area contributed by atoms with Crippen LogP contribution in [0.25, 0.3) is 0 Å². The number of carbonyl (C=O) groups excluding carboxylic acids is 1. The molecule has 1 aliphatic heterocycles. The Morgan fingerprint density at radius 3 is 2.67 bits per heavy atom. The molecule has 6 heteroatoms. The highest BCUT2D eigenvalue weighted by atomic mass is 32.2. The third-order valence-electron chi connectivity index (χ3n) is 2.37. The van der Waals surface area contributed by atoms with Crippen LogP contribution in [0.1, 0.15) is 20.3 Å². The van der Waals surface area contributed by atoms with Crippen LogP contribution < -0.4 is 5.73 Å². The standard InChI is InChI=1S/C9H16N2O3S/c1-3-7-11(8(12)5(2)10)6(4-15-7)9(13)14/h5-7H,3-4,10H2,1-2H3,(H,13,14). The fraction of sp³-hybridized carbons (Fsp3) is 0.778. The Balaban J connectivity index is 2.86. The molecule has 0 aromatic rings. The molecule has 1 fully saturated rings. The second-order valence-corrected chi connectivity index (χ2v) is 4.80. The van der Waals surface area contributed by atoms with Crippen LogP contribution in [0.4, 0.5) is 0 Å². The topological polar surface area (TPSA) is 83.6 Å². The summed E-state index contributed by atoms with van der Waals surface area (Å²) in [6, 6.07) is -1.36. The number of carboxylic acid groups (broad SMARTS) is 1. The first-order chi connectivity index (χ1) is 6.99. The van der Waals surface area contributed by atoms with Crippen molar-refractivity contribution >= 4 is 23.6 Å². The first kappa shape index (κ1) is 12.3. The molecular weight excluding hydrogens is 216 g/mol. The summed E-state index contributed by atoms with van der Waals surface area (Å²) in [4.78, 5) is 24.1. The van der Waals surface area contributed by atoms with Crippen molar-refractivity contribution in [1.82, 2.24) is 4.90 Å². The Hall–Kier alpha value is -0.750. The molecule has 0 aromatic heterocycles. The number of thioether (sulfide) groups is 1. The van der Waals surface area contributed by atoms with Gasteiger partial charge in [0, 0.05) is 5.75 Å². The molecule has 1 amide bonds. The lowest BCUT2D eigenvalue weighted by molar-refractivity contribution is -0.149. The van der Waals surface area contributed by atoms with E-state index in [0.29, 0.717) is 5.75 Å². The van der Waals surface area contributed by atoms with Gasteiger partial charge in [0.05, 0.1) is 11.4 Å². The summed E-state index contributed by atoms with van der Waals surface area (Å²) in [5.41, 5.74) is 5.50. The van der Waals surface area contributed by atoms with Crippen LogP contribution in [0.3, 0.4) is 0 Å². The van der Waals surface area contributed by atoms with Gasteiger partial charge in [-0.05, 0) is 13.3 Å². The van der Waals surface area contributed by atoms with Gasteiger partial charge < -0.3 is 15.7 Å². The van der Waals surface area contributed by atoms with Gasteiger partial charge >= 0.3 is 5.97 Å². The summed E-state index contributed by atoms with van der Waals surface area (Å²) in [6.45, 7) is 3.51. The molecule has 5 nitrogen and oxygen atoms in total. The van der Waals surface area contributed by atoms with Gasteiger partial charge in [-0.2, -0.15) is 0 Å². The van der Waals surface area contributed by atoms with Crippen LogP contribution in [0.15, 0.2) is 0 Å². The first-order valence-electron chi connectivity index (χ1n) is 4.91. The van der Waals surface area contributed by atoms with Crippen molar-refractivity contribution in [2.75, 3.05) is 5.75 Å². The predicted octanol–water partition coefficient (Wildman–Crippen LogP) is 0.0983. The number of hydrogen-bond acceptors (Lipinski definition) is 4. The second kappa shape index (κ2) is 4.85. The van der Waals surface area contributed by atoms with Crippen LogP contribution in [-0.4, -0.2) is 45.1 Å². The molecule has 3 atom stereocenters. The minimum absolute atomic E-state index is 0.0513. The average Bonchev–Trinajstić information content (AvgIpc) is 2.59. The van der Waals surface area contributed by atoms with Crippen molar-refractivity contribution in [3.8, 4) is 0 Å². The first-order valence-corrected chi connectivity index (χ1v) is 5.96. The highest BCUT2D eigenvalue weighted by molar-refractivity contribution is 8.00. The van der Waals surface area contributed by atoms with E-state index in [-0.39, 0.29) is 11.3 Å². The average molecular weight is 232 g/mol. The highest BCUT2D eigenvalue weighted by Crippen LogP contribution is 2.31. The molecule has 0 spiro atoms. The van der Waals surface area contributed by atoms with Gasteiger partial charge in [-0.25, -0.2) is 4.79 Å². The lowest BCUT2D eigenvalue weighted by atomic mass is 10.2. The predicted molar refractivity (Wildman–Crippen MR) is 58.5 cm³/mol. The quantitative estimate of drug-likeness (QED) is 0.721. The zero-order chi connectivity index (χ0) is 11.6. The van der Waals surface area contributed by atoms with E-state index < -0.39 is 18.1 Å². The van der Waals surface area contributed by atoms with Gasteiger partial charge in [0.2, 0.25) is 5.91 Å². The minimum Gasteiger partial charge on any atom is -0.480 e. The molecule has 86 valence electrons. The van der Waals surface area contributed by atoms with E-state index in [9.17, 15) is 9.59 Å². The monoisotopic (exact) mass is 232 g/mol. The molecule has 0 saturated carbocycles. The lowest BCUT2D eigenvalue weighted by Crippen LogP contribution is -2.51. The number of nitrogens with zero attached hydrogens (tertiary/aromatic N) is 1. The van der Waals surface area contributed by atoms with Crippen molar-refractivity contribution in [2.45, 2.75) is 37.7 Å². The van der Waals surface area contributed by atoms with E-state index in [0.717, 1.165) is 6.42 Å². The molecule has 1 aliphatic rings. The number of aliphatic carboxylic acids is 1. The molecule has 15 heavy (non-hydrogen) atoms. The molecule has 1 saturated heterocycles. The maximum absolute atomic E-state index is 11.8. The third-order valence-corrected chi connectivity index (χ3v) is 3.82. The Morgan fingerprint density at radius 1 is 1.67 bits per heavy atom. The smallest absolute Gasteiger partial charge is 0.327 e. The SMILES string of the molecule is CCC1SCC(C(=O)O)N1C(=O)C(C)N. The van der Waals surface area contributed by atoms with Crippen molar-refractivity contribution < 1.29 is 14.7 Å². The summed E-state index contributed by atoms with van der Waals surface area (Å²) in [7, 11) is 0. The molecular formula is C9H16N2O3S. The Morgan fingerprint density at radius 2 is 2.27 bits per heavy atom. The molecule has 3 N–H and O–H groups in total. The molecule has 0 aromatic carbocycles. The van der Waals surface area contributed by atoms with Gasteiger partial charge in [-0.3, -0.25) is 4.79 Å². The van der Waals surface area contributed by atoms with Crippen LogP contribution in [0.5, 0.6) is 0 Å². The summed E-state index contributed by atoms with van der Waals surface area (Å²) >= 11 is 1.50. The van der Waals surface area contributed by atoms with Gasteiger partial charge in [0.25, 0.3) is 0 Å². The van der Waals surface area contributed by atoms with Crippen LogP contribution in [0.2, 0.25) is 0 Å². The summed E-state index contributed by atoms with van der Waals surface area (Å²) in [5.74, 6) is -0.779. The molecule has 1 heterocycles. The van der Waals surface area contributed by atoms with Crippen molar-refractivity contribution in [3.05, 3.63) is 0 Å². The Kier molecular flexibility index (Phi) is 3.98. The zero-order valence-corrected chi connectivity index (χ0v) is 9.66. The molecule has 1 rings (SSSR count). The number of rotatable bonds is 3.